The summed E-state index contributed by atoms with van der Waals surface area (Å²) in [6.07, 6.45) is 5.33. The molecule has 3 heterocycles. The number of rotatable bonds is 4. The summed E-state index contributed by atoms with van der Waals surface area (Å²) in [6, 6.07) is 11.7. The maximum atomic E-state index is 12.1. The van der Waals surface area contributed by atoms with E-state index in [4.69, 9.17) is 0 Å². The van der Waals surface area contributed by atoms with Gasteiger partial charge in [-0.2, -0.15) is 11.3 Å². The van der Waals surface area contributed by atoms with Crippen LogP contribution in [0, 0.1) is 0 Å². The van der Waals surface area contributed by atoms with Gasteiger partial charge >= 0.3 is 0 Å². The highest BCUT2D eigenvalue weighted by atomic mass is 32.2. The molecule has 1 N–H and O–H groups in total. The average Bonchev–Trinajstić information content (AvgIpc) is 3.17. The lowest BCUT2D eigenvalue weighted by molar-refractivity contribution is 0.102. The second kappa shape index (κ2) is 6.90. The van der Waals surface area contributed by atoms with Crippen molar-refractivity contribution >= 4 is 34.7 Å². The van der Waals surface area contributed by atoms with Crippen LogP contribution in [0.15, 0.2) is 46.0 Å². The molecule has 24 heavy (non-hydrogen) atoms. The van der Waals surface area contributed by atoms with Gasteiger partial charge in [0.2, 0.25) is 0 Å². The molecule has 2 saturated heterocycles. The second-order valence-corrected chi connectivity index (χ2v) is 8.91. The van der Waals surface area contributed by atoms with Crippen LogP contribution in [0.5, 0.6) is 0 Å². The van der Waals surface area contributed by atoms with E-state index in [2.05, 4.69) is 29.4 Å². The summed E-state index contributed by atoms with van der Waals surface area (Å²) < 4.78 is 0. The Labute approximate surface area is 151 Å². The van der Waals surface area contributed by atoms with E-state index >= 15 is 0 Å². The zero-order valence-corrected chi connectivity index (χ0v) is 15.4. The standard InChI is InChI=1S/C19H22N2OS2/c1-21-15-4-5-16(21)11-18(10-15)24-17-6-2-14(3-7-17)20-19(22)13-8-9-23-12-13/h2-3,6-9,12,15-16,18H,4-5,10-11H2,1H3,(H,20,22)/t15-,16+,18?. The molecule has 2 aliphatic heterocycles. The van der Waals surface area contributed by atoms with E-state index in [9.17, 15) is 4.79 Å². The molecule has 0 radical (unpaired) electrons. The number of nitrogens with zero attached hydrogens (tertiary/aromatic N) is 1. The number of amides is 1. The highest BCUT2D eigenvalue weighted by Gasteiger charge is 2.38. The molecule has 5 heteroatoms. The van der Waals surface area contributed by atoms with E-state index in [-0.39, 0.29) is 5.91 Å². The number of thiophene rings is 1. The highest BCUT2D eigenvalue weighted by Crippen LogP contribution is 2.41. The van der Waals surface area contributed by atoms with Crippen LogP contribution < -0.4 is 5.32 Å². The third-order valence-corrected chi connectivity index (χ3v) is 7.20. The molecule has 3 atom stereocenters. The number of hydrogen-bond donors (Lipinski definition) is 1. The molecule has 1 aromatic heterocycles. The third kappa shape index (κ3) is 3.39. The van der Waals surface area contributed by atoms with Crippen LogP contribution in [0.4, 0.5) is 5.69 Å². The molecular formula is C19H22N2OS2. The van der Waals surface area contributed by atoms with Crippen molar-refractivity contribution in [1.29, 1.82) is 0 Å². The predicted molar refractivity (Wildman–Crippen MR) is 102 cm³/mol. The Morgan fingerprint density at radius 1 is 1.17 bits per heavy atom. The highest BCUT2D eigenvalue weighted by molar-refractivity contribution is 8.00. The number of carbonyl (C=O) groups is 1. The normalized spacial score (nSPS) is 26.5. The Morgan fingerprint density at radius 3 is 2.50 bits per heavy atom. The number of thioether (sulfide) groups is 1. The quantitative estimate of drug-likeness (QED) is 0.858. The summed E-state index contributed by atoms with van der Waals surface area (Å²) in [5, 5.41) is 7.47. The first kappa shape index (κ1) is 16.2. The van der Waals surface area contributed by atoms with Crippen LogP contribution in [0.2, 0.25) is 0 Å². The van der Waals surface area contributed by atoms with Gasteiger partial charge in [0, 0.05) is 33.3 Å². The van der Waals surface area contributed by atoms with Crippen molar-refractivity contribution in [2.45, 2.75) is 47.9 Å². The average molecular weight is 359 g/mol. The zero-order chi connectivity index (χ0) is 16.5. The van der Waals surface area contributed by atoms with Crippen molar-refractivity contribution in [3.63, 3.8) is 0 Å². The van der Waals surface area contributed by atoms with Crippen LogP contribution in [0.3, 0.4) is 0 Å². The molecule has 4 rings (SSSR count). The lowest BCUT2D eigenvalue weighted by Crippen LogP contribution is -2.40. The maximum absolute atomic E-state index is 12.1. The Hall–Kier alpha value is -1.30. The van der Waals surface area contributed by atoms with Crippen LogP contribution in [0.25, 0.3) is 0 Å². The minimum absolute atomic E-state index is 0.0384. The molecule has 126 valence electrons. The number of nitrogens with one attached hydrogen (secondary N) is 1. The fraction of sp³-hybridized carbons (Fsp3) is 0.421. The molecule has 2 aromatic rings. The summed E-state index contributed by atoms with van der Waals surface area (Å²) in [4.78, 5) is 16.0. The minimum Gasteiger partial charge on any atom is -0.322 e. The van der Waals surface area contributed by atoms with Gasteiger partial charge in [-0.1, -0.05) is 0 Å². The van der Waals surface area contributed by atoms with Gasteiger partial charge in [-0.05, 0) is 68.4 Å². The molecule has 2 aliphatic rings. The fourth-order valence-corrected chi connectivity index (χ4v) is 5.81. The van der Waals surface area contributed by atoms with Crippen LogP contribution in [-0.2, 0) is 0 Å². The minimum atomic E-state index is -0.0384. The first-order valence-electron chi connectivity index (χ1n) is 8.51. The van der Waals surface area contributed by atoms with Gasteiger partial charge < -0.3 is 10.2 Å². The first-order valence-corrected chi connectivity index (χ1v) is 10.3. The maximum Gasteiger partial charge on any atom is 0.256 e. The molecule has 0 saturated carbocycles. The van der Waals surface area contributed by atoms with Gasteiger partial charge in [-0.15, -0.1) is 11.8 Å². The summed E-state index contributed by atoms with van der Waals surface area (Å²) in [5.41, 5.74) is 1.58. The predicted octanol–water partition coefficient (Wildman–Crippen LogP) is 4.72. The van der Waals surface area contributed by atoms with Gasteiger partial charge in [0.15, 0.2) is 0 Å². The third-order valence-electron chi connectivity index (χ3n) is 5.25. The van der Waals surface area contributed by atoms with Gasteiger partial charge in [-0.3, -0.25) is 4.79 Å². The molecule has 0 aliphatic carbocycles. The Kier molecular flexibility index (Phi) is 4.66. The smallest absolute Gasteiger partial charge is 0.256 e. The van der Waals surface area contributed by atoms with E-state index in [1.807, 2.05) is 40.7 Å². The van der Waals surface area contributed by atoms with Crippen LogP contribution in [0.1, 0.15) is 36.0 Å². The lowest BCUT2D eigenvalue weighted by Gasteiger charge is -2.36. The topological polar surface area (TPSA) is 32.3 Å². The van der Waals surface area contributed by atoms with Gasteiger partial charge in [0.05, 0.1) is 5.56 Å². The summed E-state index contributed by atoms with van der Waals surface area (Å²) >= 11 is 3.54. The van der Waals surface area contributed by atoms with Crippen molar-refractivity contribution in [1.82, 2.24) is 4.90 Å². The summed E-state index contributed by atoms with van der Waals surface area (Å²) in [6.45, 7) is 0. The molecular weight excluding hydrogens is 336 g/mol. The number of benzene rings is 1. The Bertz CT molecular complexity index is 685. The van der Waals surface area contributed by atoms with Crippen molar-refractivity contribution in [2.75, 3.05) is 12.4 Å². The molecule has 1 unspecified atom stereocenters. The van der Waals surface area contributed by atoms with E-state index in [0.717, 1.165) is 28.6 Å². The molecule has 2 fully saturated rings. The van der Waals surface area contributed by atoms with E-state index in [1.54, 1.807) is 0 Å². The van der Waals surface area contributed by atoms with E-state index in [1.165, 1.54) is 41.9 Å². The van der Waals surface area contributed by atoms with E-state index < -0.39 is 0 Å². The Balaban J connectivity index is 1.35. The molecule has 2 bridgehead atoms. The monoisotopic (exact) mass is 358 g/mol. The summed E-state index contributed by atoms with van der Waals surface area (Å²) in [7, 11) is 2.29. The van der Waals surface area contributed by atoms with Crippen molar-refractivity contribution in [2.24, 2.45) is 0 Å². The molecule has 1 amide bonds. The number of anilines is 1. The van der Waals surface area contributed by atoms with Crippen molar-refractivity contribution in [3.05, 3.63) is 46.7 Å². The SMILES string of the molecule is CN1[C@@H]2CC[C@H]1CC(Sc1ccc(NC(=O)c3ccsc3)cc1)C2. The fourth-order valence-electron chi connectivity index (χ4n) is 3.86. The number of hydrogen-bond acceptors (Lipinski definition) is 4. The largest absolute Gasteiger partial charge is 0.322 e. The molecule has 3 nitrogen and oxygen atoms in total. The van der Waals surface area contributed by atoms with Gasteiger partial charge in [0.25, 0.3) is 5.91 Å². The lowest BCUT2D eigenvalue weighted by atomic mass is 10.0. The first-order chi connectivity index (χ1) is 11.7. The van der Waals surface area contributed by atoms with Gasteiger partial charge in [-0.25, -0.2) is 0 Å². The van der Waals surface area contributed by atoms with Crippen molar-refractivity contribution < 1.29 is 4.79 Å². The number of piperidine rings is 1. The number of carbonyl (C=O) groups excluding carboxylic acids is 1. The van der Waals surface area contributed by atoms with Gasteiger partial charge in [0.1, 0.15) is 0 Å². The molecule has 0 spiro atoms. The van der Waals surface area contributed by atoms with Crippen LogP contribution >= 0.6 is 23.1 Å². The summed E-state index contributed by atoms with van der Waals surface area (Å²) in [5.74, 6) is -0.0384. The zero-order valence-electron chi connectivity index (χ0n) is 13.8. The van der Waals surface area contributed by atoms with Crippen LogP contribution in [-0.4, -0.2) is 35.2 Å². The van der Waals surface area contributed by atoms with E-state index in [0.29, 0.717) is 0 Å². The molecule has 1 aromatic carbocycles. The second-order valence-electron chi connectivity index (χ2n) is 6.75. The van der Waals surface area contributed by atoms with Crippen molar-refractivity contribution in [3.8, 4) is 0 Å². The number of fused-ring (bicyclic) bond motifs is 2. The Morgan fingerprint density at radius 2 is 1.88 bits per heavy atom.